The van der Waals surface area contributed by atoms with Gasteiger partial charge in [-0.25, -0.2) is 9.37 Å². The molecule has 0 aliphatic carbocycles. The van der Waals surface area contributed by atoms with Gasteiger partial charge < -0.3 is 9.26 Å². The number of carbonyl (C=O) groups is 1. The Kier molecular flexibility index (Phi) is 4.89. The minimum atomic E-state index is -0.705. The number of hydrogen-bond acceptors (Lipinski definition) is 7. The second kappa shape index (κ2) is 7.10. The van der Waals surface area contributed by atoms with Gasteiger partial charge in [-0.2, -0.15) is 4.98 Å². The molecule has 1 atom stereocenters. The van der Waals surface area contributed by atoms with Crippen LogP contribution >= 0.6 is 11.3 Å². The molecular weight excluding hydrogens is 345 g/mol. The molecule has 3 rings (SSSR count). The van der Waals surface area contributed by atoms with Crippen LogP contribution in [0.4, 0.5) is 4.39 Å². The minimum Gasteiger partial charge on any atom is -0.452 e. The van der Waals surface area contributed by atoms with Gasteiger partial charge in [0.1, 0.15) is 5.82 Å². The van der Waals surface area contributed by atoms with Gasteiger partial charge >= 0.3 is 5.97 Å². The number of ether oxygens (including phenoxy) is 1. The number of rotatable bonds is 5. The molecule has 0 N–H and O–H groups in total. The van der Waals surface area contributed by atoms with Crippen molar-refractivity contribution in [3.05, 3.63) is 51.6 Å². The van der Waals surface area contributed by atoms with Crippen LogP contribution in [0.25, 0.3) is 11.4 Å². The monoisotopic (exact) mass is 361 g/mol. The summed E-state index contributed by atoms with van der Waals surface area (Å²) in [5, 5.41) is 6.53. The van der Waals surface area contributed by atoms with Crippen LogP contribution in [0.5, 0.6) is 0 Å². The van der Waals surface area contributed by atoms with Gasteiger partial charge in [0.05, 0.1) is 17.1 Å². The van der Waals surface area contributed by atoms with E-state index in [9.17, 15) is 9.18 Å². The molecule has 1 unspecified atom stereocenters. The molecule has 0 aliphatic rings. The lowest BCUT2D eigenvalue weighted by Gasteiger charge is -2.08. The van der Waals surface area contributed by atoms with Gasteiger partial charge in [0.15, 0.2) is 6.10 Å². The highest BCUT2D eigenvalue weighted by atomic mass is 32.1. The number of hydrogen-bond donors (Lipinski definition) is 0. The number of aryl methyl sites for hydroxylation is 2. The first-order valence-electron chi connectivity index (χ1n) is 7.63. The van der Waals surface area contributed by atoms with Gasteiger partial charge in [-0.05, 0) is 32.4 Å². The Hall–Kier alpha value is -2.61. The molecule has 0 aliphatic heterocycles. The van der Waals surface area contributed by atoms with E-state index in [1.165, 1.54) is 17.4 Å². The van der Waals surface area contributed by atoms with Crippen molar-refractivity contribution in [1.29, 1.82) is 0 Å². The summed E-state index contributed by atoms with van der Waals surface area (Å²) in [6, 6.07) is 4.68. The summed E-state index contributed by atoms with van der Waals surface area (Å²) < 4.78 is 24.1. The Labute approximate surface area is 147 Å². The zero-order valence-corrected chi connectivity index (χ0v) is 14.8. The Morgan fingerprint density at radius 3 is 2.84 bits per heavy atom. The first-order chi connectivity index (χ1) is 11.9. The van der Waals surface area contributed by atoms with E-state index in [4.69, 9.17) is 9.26 Å². The summed E-state index contributed by atoms with van der Waals surface area (Å²) in [5.74, 6) is -0.383. The molecule has 6 nitrogen and oxygen atoms in total. The van der Waals surface area contributed by atoms with Crippen LogP contribution in [0.2, 0.25) is 0 Å². The lowest BCUT2D eigenvalue weighted by molar-refractivity contribution is -0.149. The van der Waals surface area contributed by atoms with E-state index in [0.29, 0.717) is 16.8 Å². The van der Waals surface area contributed by atoms with Crippen molar-refractivity contribution in [2.75, 3.05) is 0 Å². The van der Waals surface area contributed by atoms with Gasteiger partial charge in [-0.1, -0.05) is 17.3 Å². The van der Waals surface area contributed by atoms with Crippen molar-refractivity contribution in [2.24, 2.45) is 0 Å². The molecular formula is C17H16FN3O3S. The summed E-state index contributed by atoms with van der Waals surface area (Å²) in [5.41, 5.74) is 1.70. The molecule has 3 aromatic rings. The van der Waals surface area contributed by atoms with Gasteiger partial charge in [0.25, 0.3) is 5.89 Å². The fraction of sp³-hybridized carbons (Fsp3) is 0.294. The van der Waals surface area contributed by atoms with E-state index >= 15 is 0 Å². The summed E-state index contributed by atoms with van der Waals surface area (Å²) >= 11 is 1.47. The van der Waals surface area contributed by atoms with Crippen LogP contribution in [0, 0.1) is 19.7 Å². The second-order valence-corrected chi connectivity index (χ2v) is 6.65. The third kappa shape index (κ3) is 4.08. The van der Waals surface area contributed by atoms with Crippen molar-refractivity contribution in [3.63, 3.8) is 0 Å². The summed E-state index contributed by atoms with van der Waals surface area (Å²) in [4.78, 5) is 20.4. The van der Waals surface area contributed by atoms with Crippen molar-refractivity contribution in [2.45, 2.75) is 33.3 Å². The van der Waals surface area contributed by atoms with Crippen molar-refractivity contribution in [3.8, 4) is 11.4 Å². The Morgan fingerprint density at radius 2 is 2.16 bits per heavy atom. The number of benzene rings is 1. The number of halogens is 1. The summed E-state index contributed by atoms with van der Waals surface area (Å²) in [7, 11) is 0. The van der Waals surface area contributed by atoms with E-state index in [2.05, 4.69) is 15.1 Å². The highest BCUT2D eigenvalue weighted by Gasteiger charge is 2.20. The highest BCUT2D eigenvalue weighted by molar-refractivity contribution is 7.09. The molecule has 0 bridgehead atoms. The molecule has 1 aromatic carbocycles. The predicted octanol–water partition coefficient (Wildman–Crippen LogP) is 3.80. The molecule has 130 valence electrons. The summed E-state index contributed by atoms with van der Waals surface area (Å²) in [6.45, 7) is 5.18. The highest BCUT2D eigenvalue weighted by Crippen LogP contribution is 2.22. The molecule has 25 heavy (non-hydrogen) atoms. The Morgan fingerprint density at radius 1 is 1.36 bits per heavy atom. The van der Waals surface area contributed by atoms with E-state index in [0.717, 1.165) is 5.01 Å². The molecule has 0 saturated carbocycles. The zero-order chi connectivity index (χ0) is 18.0. The van der Waals surface area contributed by atoms with Crippen LogP contribution in [0.15, 0.2) is 28.1 Å². The van der Waals surface area contributed by atoms with Crippen molar-refractivity contribution < 1.29 is 18.4 Å². The lowest BCUT2D eigenvalue weighted by Crippen LogP contribution is -2.12. The second-order valence-electron chi connectivity index (χ2n) is 5.59. The maximum Gasteiger partial charge on any atom is 0.312 e. The quantitative estimate of drug-likeness (QED) is 0.643. The average Bonchev–Trinajstić information content (AvgIpc) is 3.19. The molecule has 2 aromatic heterocycles. The maximum absolute atomic E-state index is 13.7. The van der Waals surface area contributed by atoms with Crippen LogP contribution in [-0.2, 0) is 16.0 Å². The minimum absolute atomic E-state index is 0.0822. The predicted molar refractivity (Wildman–Crippen MR) is 89.5 cm³/mol. The van der Waals surface area contributed by atoms with Crippen LogP contribution < -0.4 is 0 Å². The normalized spacial score (nSPS) is 12.2. The third-order valence-corrected chi connectivity index (χ3v) is 4.34. The van der Waals surface area contributed by atoms with E-state index in [1.807, 2.05) is 12.3 Å². The number of esters is 1. The molecule has 0 spiro atoms. The largest absolute Gasteiger partial charge is 0.452 e. The van der Waals surface area contributed by atoms with Crippen LogP contribution in [-0.4, -0.2) is 21.1 Å². The third-order valence-electron chi connectivity index (χ3n) is 3.52. The molecule has 0 fully saturated rings. The summed E-state index contributed by atoms with van der Waals surface area (Å²) in [6.07, 6.45) is -0.623. The smallest absolute Gasteiger partial charge is 0.312 e. The molecule has 0 amide bonds. The fourth-order valence-electron chi connectivity index (χ4n) is 2.18. The number of carbonyl (C=O) groups excluding carboxylic acids is 1. The van der Waals surface area contributed by atoms with Crippen molar-refractivity contribution >= 4 is 17.3 Å². The Bertz CT molecular complexity index is 906. The maximum atomic E-state index is 13.7. The molecule has 8 heteroatoms. The number of thiazole rings is 1. The first kappa shape index (κ1) is 17.2. The fourth-order valence-corrected chi connectivity index (χ4v) is 2.79. The van der Waals surface area contributed by atoms with E-state index in [1.54, 1.807) is 26.0 Å². The van der Waals surface area contributed by atoms with Crippen LogP contribution in [0.1, 0.15) is 35.2 Å². The van der Waals surface area contributed by atoms with E-state index in [-0.39, 0.29) is 24.0 Å². The first-order valence-corrected chi connectivity index (χ1v) is 8.51. The SMILES string of the molecule is Cc1nc(CC(=O)OC(C)c2nc(-c3ccc(C)c(F)c3)no2)cs1. The van der Waals surface area contributed by atoms with Crippen molar-refractivity contribution in [1.82, 2.24) is 15.1 Å². The van der Waals surface area contributed by atoms with Gasteiger partial charge in [-0.3, -0.25) is 4.79 Å². The number of nitrogens with zero attached hydrogens (tertiary/aromatic N) is 3. The van der Waals surface area contributed by atoms with Gasteiger partial charge in [-0.15, -0.1) is 11.3 Å². The molecule has 0 radical (unpaired) electrons. The molecule has 2 heterocycles. The van der Waals surface area contributed by atoms with Gasteiger partial charge in [0, 0.05) is 10.9 Å². The molecule has 0 saturated heterocycles. The standard InChI is InChI=1S/C17H16FN3O3S/c1-9-4-5-12(6-14(9)18)16-20-17(24-21-16)10(2)23-15(22)7-13-8-25-11(3)19-13/h4-6,8,10H,7H2,1-3H3. The average molecular weight is 361 g/mol. The topological polar surface area (TPSA) is 78.1 Å². The van der Waals surface area contributed by atoms with E-state index < -0.39 is 12.1 Å². The zero-order valence-electron chi connectivity index (χ0n) is 13.9. The Balaban J connectivity index is 1.66. The number of aromatic nitrogens is 3. The van der Waals surface area contributed by atoms with Gasteiger partial charge in [0.2, 0.25) is 5.82 Å². The van der Waals surface area contributed by atoms with Crippen LogP contribution in [0.3, 0.4) is 0 Å². The lowest BCUT2D eigenvalue weighted by atomic mass is 10.1.